The molecule has 78 valence electrons. The van der Waals surface area contributed by atoms with Crippen molar-refractivity contribution in [3.05, 3.63) is 34.1 Å². The molecule has 2 fully saturated rings. The van der Waals surface area contributed by atoms with Gasteiger partial charge in [-0.2, -0.15) is 0 Å². The first-order chi connectivity index (χ1) is 7.14. The topological polar surface area (TPSA) is 26.3 Å². The number of esters is 1. The van der Waals surface area contributed by atoms with E-state index in [0.29, 0.717) is 12.2 Å². The summed E-state index contributed by atoms with van der Waals surface area (Å²) in [5.74, 6) is -0.419. The Bertz CT molecular complexity index is 460. The highest BCUT2D eigenvalue weighted by atomic mass is 79.9. The standard InChI is InChI=1S/C11H8BrFO2/c12-7-1-2-9(13)8(3-7)11-4-6(11)5-15-10(11)14/h1-3,6H,4-5H2/t6-,11-/m0/s1. The number of fused-ring (bicyclic) bond motifs is 1. The number of carbonyl (C=O) groups excluding carboxylic acids is 1. The van der Waals surface area contributed by atoms with Crippen LogP contribution >= 0.6 is 15.9 Å². The van der Waals surface area contributed by atoms with Crippen LogP contribution in [-0.2, 0) is 14.9 Å². The molecule has 2 aliphatic rings. The van der Waals surface area contributed by atoms with E-state index >= 15 is 0 Å². The van der Waals surface area contributed by atoms with Crippen molar-refractivity contribution in [2.24, 2.45) is 5.92 Å². The Kier molecular flexibility index (Phi) is 1.75. The van der Waals surface area contributed by atoms with Crippen LogP contribution in [0.25, 0.3) is 0 Å². The summed E-state index contributed by atoms with van der Waals surface area (Å²) in [5, 5.41) is 0. The van der Waals surface area contributed by atoms with E-state index in [1.54, 1.807) is 12.1 Å². The first-order valence-electron chi connectivity index (χ1n) is 4.77. The summed E-state index contributed by atoms with van der Waals surface area (Å²) in [6, 6.07) is 4.70. The van der Waals surface area contributed by atoms with Gasteiger partial charge in [0.2, 0.25) is 0 Å². The van der Waals surface area contributed by atoms with E-state index in [2.05, 4.69) is 15.9 Å². The average Bonchev–Trinajstić information content (AvgIpc) is 2.87. The maximum Gasteiger partial charge on any atom is 0.317 e. The van der Waals surface area contributed by atoms with E-state index in [1.807, 2.05) is 0 Å². The van der Waals surface area contributed by atoms with Crippen LogP contribution in [0.4, 0.5) is 4.39 Å². The number of ether oxygens (including phenoxy) is 1. The van der Waals surface area contributed by atoms with Gasteiger partial charge in [-0.1, -0.05) is 15.9 Å². The van der Waals surface area contributed by atoms with Crippen LogP contribution in [0.3, 0.4) is 0 Å². The zero-order chi connectivity index (χ0) is 10.6. The van der Waals surface area contributed by atoms with Gasteiger partial charge in [-0.25, -0.2) is 4.39 Å². The molecule has 1 saturated heterocycles. The highest BCUT2D eigenvalue weighted by Crippen LogP contribution is 2.59. The van der Waals surface area contributed by atoms with Gasteiger partial charge in [0.1, 0.15) is 11.2 Å². The summed E-state index contributed by atoms with van der Waals surface area (Å²) in [6.07, 6.45) is 0.721. The van der Waals surface area contributed by atoms with E-state index in [1.165, 1.54) is 6.07 Å². The second-order valence-electron chi connectivity index (χ2n) is 4.10. The molecule has 1 aromatic carbocycles. The minimum atomic E-state index is -0.673. The van der Waals surface area contributed by atoms with Gasteiger partial charge in [0.15, 0.2) is 0 Å². The Labute approximate surface area is 94.6 Å². The fraction of sp³-hybridized carbons (Fsp3) is 0.364. The minimum absolute atomic E-state index is 0.175. The molecular formula is C11H8BrFO2. The second kappa shape index (κ2) is 2.82. The van der Waals surface area contributed by atoms with Crippen molar-refractivity contribution in [2.75, 3.05) is 6.61 Å². The average molecular weight is 271 g/mol. The van der Waals surface area contributed by atoms with Crippen LogP contribution in [0.15, 0.2) is 22.7 Å². The van der Waals surface area contributed by atoms with Crippen LogP contribution in [0.1, 0.15) is 12.0 Å². The summed E-state index contributed by atoms with van der Waals surface area (Å²) in [7, 11) is 0. The lowest BCUT2D eigenvalue weighted by molar-refractivity contribution is -0.142. The summed E-state index contributed by atoms with van der Waals surface area (Å²) >= 11 is 3.29. The molecule has 0 radical (unpaired) electrons. The molecule has 0 spiro atoms. The summed E-state index contributed by atoms with van der Waals surface area (Å²) in [6.45, 7) is 0.435. The predicted octanol–water partition coefficient (Wildman–Crippen LogP) is 2.40. The smallest absolute Gasteiger partial charge is 0.317 e. The van der Waals surface area contributed by atoms with E-state index in [-0.39, 0.29) is 17.7 Å². The van der Waals surface area contributed by atoms with Crippen molar-refractivity contribution in [3.8, 4) is 0 Å². The number of halogens is 2. The van der Waals surface area contributed by atoms with Crippen LogP contribution in [0.5, 0.6) is 0 Å². The zero-order valence-electron chi connectivity index (χ0n) is 7.80. The largest absolute Gasteiger partial charge is 0.465 e. The molecule has 1 aliphatic carbocycles. The summed E-state index contributed by atoms with van der Waals surface area (Å²) in [4.78, 5) is 11.6. The third-order valence-electron chi connectivity index (χ3n) is 3.29. The van der Waals surface area contributed by atoms with Crippen molar-refractivity contribution < 1.29 is 13.9 Å². The lowest BCUT2D eigenvalue weighted by Gasteiger charge is -2.11. The Hall–Kier alpha value is -0.900. The van der Waals surface area contributed by atoms with Gasteiger partial charge in [-0.3, -0.25) is 4.79 Å². The third-order valence-corrected chi connectivity index (χ3v) is 3.79. The third kappa shape index (κ3) is 1.11. The Morgan fingerprint density at radius 3 is 2.93 bits per heavy atom. The van der Waals surface area contributed by atoms with E-state index < -0.39 is 5.41 Å². The van der Waals surface area contributed by atoms with E-state index in [9.17, 15) is 9.18 Å². The number of hydrogen-bond acceptors (Lipinski definition) is 2. The van der Waals surface area contributed by atoms with Gasteiger partial charge >= 0.3 is 5.97 Å². The lowest BCUT2D eigenvalue weighted by Crippen LogP contribution is -2.20. The van der Waals surface area contributed by atoms with Crippen LogP contribution < -0.4 is 0 Å². The van der Waals surface area contributed by atoms with Crippen LogP contribution in [-0.4, -0.2) is 12.6 Å². The molecule has 2 atom stereocenters. The Balaban J connectivity index is 2.14. The molecular weight excluding hydrogens is 263 g/mol. The number of hydrogen-bond donors (Lipinski definition) is 0. The van der Waals surface area contributed by atoms with Crippen molar-refractivity contribution >= 4 is 21.9 Å². The van der Waals surface area contributed by atoms with Gasteiger partial charge in [0, 0.05) is 16.0 Å². The molecule has 2 nitrogen and oxygen atoms in total. The molecule has 0 amide bonds. The summed E-state index contributed by atoms with van der Waals surface area (Å²) < 4.78 is 19.4. The Morgan fingerprint density at radius 1 is 1.53 bits per heavy atom. The molecule has 0 bridgehead atoms. The number of rotatable bonds is 1. The maximum atomic E-state index is 13.6. The molecule has 15 heavy (non-hydrogen) atoms. The van der Waals surface area contributed by atoms with Gasteiger partial charge in [-0.15, -0.1) is 0 Å². The van der Waals surface area contributed by atoms with Crippen molar-refractivity contribution in [1.29, 1.82) is 0 Å². The molecule has 3 rings (SSSR count). The highest BCUT2D eigenvalue weighted by Gasteiger charge is 2.67. The van der Waals surface area contributed by atoms with Crippen LogP contribution in [0.2, 0.25) is 0 Å². The van der Waals surface area contributed by atoms with E-state index in [4.69, 9.17) is 4.74 Å². The molecule has 0 N–H and O–H groups in total. The highest BCUT2D eigenvalue weighted by molar-refractivity contribution is 9.10. The predicted molar refractivity (Wildman–Crippen MR) is 54.8 cm³/mol. The minimum Gasteiger partial charge on any atom is -0.465 e. The monoisotopic (exact) mass is 270 g/mol. The maximum absolute atomic E-state index is 13.6. The first-order valence-corrected chi connectivity index (χ1v) is 5.56. The number of benzene rings is 1. The van der Waals surface area contributed by atoms with Gasteiger partial charge in [0.25, 0.3) is 0 Å². The Morgan fingerprint density at radius 2 is 2.33 bits per heavy atom. The quantitative estimate of drug-likeness (QED) is 0.733. The van der Waals surface area contributed by atoms with Gasteiger partial charge in [0.05, 0.1) is 6.61 Å². The lowest BCUT2D eigenvalue weighted by atomic mass is 9.94. The molecule has 1 aromatic rings. The second-order valence-corrected chi connectivity index (χ2v) is 5.01. The van der Waals surface area contributed by atoms with Gasteiger partial charge < -0.3 is 4.74 Å². The summed E-state index contributed by atoms with van der Waals surface area (Å²) in [5.41, 5.74) is -0.196. The first kappa shape index (κ1) is 9.33. The fourth-order valence-corrected chi connectivity index (χ4v) is 2.73. The molecule has 0 aromatic heterocycles. The number of carbonyl (C=O) groups is 1. The SMILES string of the molecule is O=C1OC[C@@H]2C[C@]12c1cc(Br)ccc1F. The van der Waals surface area contributed by atoms with E-state index in [0.717, 1.165) is 10.9 Å². The molecule has 1 heterocycles. The molecule has 4 heteroatoms. The van der Waals surface area contributed by atoms with Crippen LogP contribution in [0, 0.1) is 11.7 Å². The number of cyclic esters (lactones) is 1. The van der Waals surface area contributed by atoms with Crippen molar-refractivity contribution in [3.63, 3.8) is 0 Å². The van der Waals surface area contributed by atoms with Crippen molar-refractivity contribution in [1.82, 2.24) is 0 Å². The molecule has 0 unspecified atom stereocenters. The zero-order valence-corrected chi connectivity index (χ0v) is 9.38. The normalized spacial score (nSPS) is 32.4. The molecule has 1 aliphatic heterocycles. The van der Waals surface area contributed by atoms with Gasteiger partial charge in [-0.05, 0) is 24.6 Å². The molecule has 1 saturated carbocycles. The van der Waals surface area contributed by atoms with Crippen molar-refractivity contribution in [2.45, 2.75) is 11.8 Å². The fourth-order valence-electron chi connectivity index (χ4n) is 2.37.